The average Bonchev–Trinajstić information content (AvgIpc) is 2.60. The maximum Gasteiger partial charge on any atom is 0.338 e. The third-order valence-corrected chi connectivity index (χ3v) is 3.86. The van der Waals surface area contributed by atoms with Crippen molar-refractivity contribution in [1.29, 1.82) is 0 Å². The van der Waals surface area contributed by atoms with Crippen molar-refractivity contribution in [3.8, 4) is 5.75 Å². The summed E-state index contributed by atoms with van der Waals surface area (Å²) in [6.07, 6.45) is 1.72. The van der Waals surface area contributed by atoms with Crippen LogP contribution in [0.25, 0.3) is 5.65 Å². The summed E-state index contributed by atoms with van der Waals surface area (Å²) in [6.45, 7) is 3.72. The monoisotopic (exact) mass is 338 g/mol. The van der Waals surface area contributed by atoms with E-state index in [4.69, 9.17) is 9.47 Å². The van der Waals surface area contributed by atoms with E-state index in [-0.39, 0.29) is 12.2 Å². The highest BCUT2D eigenvalue weighted by atomic mass is 16.5. The molecule has 0 spiro atoms. The molecule has 6 heteroatoms. The van der Waals surface area contributed by atoms with Crippen LogP contribution in [0.3, 0.4) is 0 Å². The first kappa shape index (κ1) is 16.7. The van der Waals surface area contributed by atoms with Crippen molar-refractivity contribution in [3.05, 3.63) is 75.3 Å². The lowest BCUT2D eigenvalue weighted by molar-refractivity contribution is 0.0467. The standard InChI is InChI=1S/C19H18N2O4/c1-12-4-7-17-20-15(9-18(22)21(17)10-12)11-25-19(23)14-6-5-13(2)16(8-14)24-3/h4-10H,11H2,1-3H3. The number of rotatable bonds is 4. The number of methoxy groups -OCH3 is 1. The van der Waals surface area contributed by atoms with Crippen molar-refractivity contribution in [2.75, 3.05) is 7.11 Å². The van der Waals surface area contributed by atoms with Crippen molar-refractivity contribution in [1.82, 2.24) is 9.38 Å². The van der Waals surface area contributed by atoms with Gasteiger partial charge in [0, 0.05) is 12.3 Å². The number of aryl methyl sites for hydroxylation is 2. The van der Waals surface area contributed by atoms with E-state index in [0.29, 0.717) is 22.7 Å². The van der Waals surface area contributed by atoms with Gasteiger partial charge in [0.15, 0.2) is 0 Å². The van der Waals surface area contributed by atoms with Gasteiger partial charge >= 0.3 is 5.97 Å². The summed E-state index contributed by atoms with van der Waals surface area (Å²) in [5.74, 6) is 0.121. The first-order valence-corrected chi connectivity index (χ1v) is 7.78. The number of esters is 1. The molecule has 128 valence electrons. The summed E-state index contributed by atoms with van der Waals surface area (Å²) < 4.78 is 11.9. The lowest BCUT2D eigenvalue weighted by Crippen LogP contribution is -2.17. The van der Waals surface area contributed by atoms with Crippen molar-refractivity contribution in [2.24, 2.45) is 0 Å². The Morgan fingerprint density at radius 3 is 2.72 bits per heavy atom. The maximum atomic E-state index is 12.2. The highest BCUT2D eigenvalue weighted by Crippen LogP contribution is 2.19. The van der Waals surface area contributed by atoms with Gasteiger partial charge in [0.2, 0.25) is 0 Å². The van der Waals surface area contributed by atoms with Gasteiger partial charge in [-0.05, 0) is 43.2 Å². The number of pyridine rings is 1. The summed E-state index contributed by atoms with van der Waals surface area (Å²) in [7, 11) is 1.55. The van der Waals surface area contributed by atoms with E-state index in [0.717, 1.165) is 11.1 Å². The molecule has 0 saturated carbocycles. The first-order valence-electron chi connectivity index (χ1n) is 7.78. The van der Waals surface area contributed by atoms with E-state index in [1.165, 1.54) is 10.5 Å². The summed E-state index contributed by atoms with van der Waals surface area (Å²) in [6, 6.07) is 10.1. The van der Waals surface area contributed by atoms with E-state index < -0.39 is 5.97 Å². The Labute approximate surface area is 144 Å². The number of carbonyl (C=O) groups is 1. The minimum Gasteiger partial charge on any atom is -0.496 e. The summed E-state index contributed by atoms with van der Waals surface area (Å²) in [4.78, 5) is 28.7. The molecule has 0 atom stereocenters. The minimum absolute atomic E-state index is 0.0748. The van der Waals surface area contributed by atoms with E-state index in [9.17, 15) is 9.59 Å². The van der Waals surface area contributed by atoms with Crippen LogP contribution in [0.2, 0.25) is 0 Å². The van der Waals surface area contributed by atoms with Crippen LogP contribution in [0.5, 0.6) is 5.75 Å². The van der Waals surface area contributed by atoms with Gasteiger partial charge < -0.3 is 9.47 Å². The molecule has 0 aliphatic heterocycles. The summed E-state index contributed by atoms with van der Waals surface area (Å²) in [5.41, 5.74) is 2.98. The molecule has 3 aromatic rings. The molecule has 2 heterocycles. The average molecular weight is 338 g/mol. The number of ether oxygens (including phenoxy) is 2. The Balaban J connectivity index is 1.79. The fraction of sp³-hybridized carbons (Fsp3) is 0.211. The van der Waals surface area contributed by atoms with Gasteiger partial charge in [0.25, 0.3) is 5.56 Å². The maximum absolute atomic E-state index is 12.2. The predicted molar refractivity (Wildman–Crippen MR) is 93.0 cm³/mol. The van der Waals surface area contributed by atoms with Crippen LogP contribution < -0.4 is 10.3 Å². The highest BCUT2D eigenvalue weighted by Gasteiger charge is 2.11. The molecule has 0 fully saturated rings. The molecule has 0 bridgehead atoms. The molecule has 6 nitrogen and oxygen atoms in total. The van der Waals surface area contributed by atoms with Crippen LogP contribution in [-0.2, 0) is 11.3 Å². The number of nitrogens with zero attached hydrogens (tertiary/aromatic N) is 2. The topological polar surface area (TPSA) is 69.9 Å². The molecule has 0 aliphatic carbocycles. The van der Waals surface area contributed by atoms with Gasteiger partial charge in [0.1, 0.15) is 18.0 Å². The van der Waals surface area contributed by atoms with Crippen molar-refractivity contribution in [3.63, 3.8) is 0 Å². The Morgan fingerprint density at radius 1 is 1.16 bits per heavy atom. The molecule has 0 saturated heterocycles. The van der Waals surface area contributed by atoms with Crippen LogP contribution in [-0.4, -0.2) is 22.5 Å². The Hall–Kier alpha value is -3.15. The molecule has 0 unspecified atom stereocenters. The zero-order valence-electron chi connectivity index (χ0n) is 14.3. The predicted octanol–water partition coefficient (Wildman–Crippen LogP) is 2.68. The molecule has 2 aromatic heterocycles. The van der Waals surface area contributed by atoms with E-state index in [2.05, 4.69) is 4.98 Å². The Kier molecular flexibility index (Phi) is 4.52. The molecule has 0 N–H and O–H groups in total. The second kappa shape index (κ2) is 6.76. The largest absolute Gasteiger partial charge is 0.496 e. The second-order valence-corrected chi connectivity index (χ2v) is 5.78. The third kappa shape index (κ3) is 3.52. The lowest BCUT2D eigenvalue weighted by Gasteiger charge is -2.09. The second-order valence-electron chi connectivity index (χ2n) is 5.78. The van der Waals surface area contributed by atoms with Crippen LogP contribution in [0.4, 0.5) is 0 Å². The Bertz CT molecular complexity index is 1010. The molecular weight excluding hydrogens is 320 g/mol. The van der Waals surface area contributed by atoms with E-state index in [1.807, 2.05) is 19.9 Å². The number of benzene rings is 1. The number of fused-ring (bicyclic) bond motifs is 1. The quantitative estimate of drug-likeness (QED) is 0.684. The molecule has 0 radical (unpaired) electrons. The fourth-order valence-electron chi connectivity index (χ4n) is 2.50. The lowest BCUT2D eigenvalue weighted by atomic mass is 10.1. The first-order chi connectivity index (χ1) is 12.0. The SMILES string of the molecule is COc1cc(C(=O)OCc2cc(=O)n3cc(C)ccc3n2)ccc1C. The number of hydrogen-bond donors (Lipinski definition) is 0. The number of carbonyl (C=O) groups excluding carboxylic acids is 1. The van der Waals surface area contributed by atoms with Gasteiger partial charge in [-0.15, -0.1) is 0 Å². The number of hydrogen-bond acceptors (Lipinski definition) is 5. The summed E-state index contributed by atoms with van der Waals surface area (Å²) in [5, 5.41) is 0. The molecule has 3 rings (SSSR count). The van der Waals surface area contributed by atoms with Crippen molar-refractivity contribution in [2.45, 2.75) is 20.5 Å². The van der Waals surface area contributed by atoms with Gasteiger partial charge in [0.05, 0.1) is 18.4 Å². The van der Waals surface area contributed by atoms with Crippen LogP contribution in [0.15, 0.2) is 47.4 Å². The van der Waals surface area contributed by atoms with E-state index >= 15 is 0 Å². The molecule has 0 amide bonds. The zero-order valence-corrected chi connectivity index (χ0v) is 14.3. The minimum atomic E-state index is -0.496. The zero-order chi connectivity index (χ0) is 18.0. The van der Waals surface area contributed by atoms with Crippen molar-refractivity contribution < 1.29 is 14.3 Å². The van der Waals surface area contributed by atoms with Gasteiger partial charge in [-0.2, -0.15) is 0 Å². The van der Waals surface area contributed by atoms with Gasteiger partial charge in [-0.25, -0.2) is 9.78 Å². The molecular formula is C19H18N2O4. The molecule has 0 aliphatic rings. The number of aromatic nitrogens is 2. The normalized spacial score (nSPS) is 10.7. The van der Waals surface area contributed by atoms with Crippen LogP contribution >= 0.6 is 0 Å². The van der Waals surface area contributed by atoms with Crippen molar-refractivity contribution >= 4 is 11.6 Å². The third-order valence-electron chi connectivity index (χ3n) is 3.86. The smallest absolute Gasteiger partial charge is 0.338 e. The fourth-order valence-corrected chi connectivity index (χ4v) is 2.50. The van der Waals surface area contributed by atoms with Gasteiger partial charge in [-0.1, -0.05) is 12.1 Å². The molecule has 25 heavy (non-hydrogen) atoms. The van der Waals surface area contributed by atoms with Crippen LogP contribution in [0, 0.1) is 13.8 Å². The molecule has 1 aromatic carbocycles. The Morgan fingerprint density at radius 2 is 1.96 bits per heavy atom. The van der Waals surface area contributed by atoms with Crippen LogP contribution in [0.1, 0.15) is 27.2 Å². The van der Waals surface area contributed by atoms with E-state index in [1.54, 1.807) is 37.6 Å². The highest BCUT2D eigenvalue weighted by molar-refractivity contribution is 5.90. The summed E-state index contributed by atoms with van der Waals surface area (Å²) >= 11 is 0. The van der Waals surface area contributed by atoms with Gasteiger partial charge in [-0.3, -0.25) is 9.20 Å².